The first-order valence-corrected chi connectivity index (χ1v) is 11.4. The molecule has 1 fully saturated rings. The van der Waals surface area contributed by atoms with Gasteiger partial charge in [-0.1, -0.05) is 47.6 Å². The van der Waals surface area contributed by atoms with Gasteiger partial charge < -0.3 is 9.84 Å². The van der Waals surface area contributed by atoms with Crippen molar-refractivity contribution < 1.29 is 9.32 Å². The number of aromatic nitrogens is 4. The summed E-state index contributed by atoms with van der Waals surface area (Å²) in [5, 5.41) is 7.43. The molecule has 0 aliphatic carbocycles. The molecule has 174 valence electrons. The zero-order chi connectivity index (χ0) is 23.5. The van der Waals surface area contributed by atoms with Crippen molar-refractivity contribution in [3.05, 3.63) is 88.1 Å². The number of nitrogens with one attached hydrogen (secondary N) is 1. The molecule has 0 unspecified atom stereocenters. The van der Waals surface area contributed by atoms with Crippen LogP contribution in [0.2, 0.25) is 0 Å². The summed E-state index contributed by atoms with van der Waals surface area (Å²) in [5.74, 6) is 0.314. The molecule has 34 heavy (non-hydrogen) atoms. The maximum Gasteiger partial charge on any atom is 0.316 e. The van der Waals surface area contributed by atoms with Crippen LogP contribution in [-0.2, 0) is 13.1 Å². The normalized spacial score (nSPS) is 15.0. The van der Waals surface area contributed by atoms with E-state index in [0.717, 1.165) is 32.5 Å². The number of para-hydroxylation sites is 1. The van der Waals surface area contributed by atoms with Crippen LogP contribution in [0.4, 0.5) is 0 Å². The molecule has 1 aliphatic heterocycles. The van der Waals surface area contributed by atoms with Crippen LogP contribution in [0.15, 0.2) is 63.9 Å². The number of fused-ring (bicyclic) bond motifs is 1. The van der Waals surface area contributed by atoms with Crippen molar-refractivity contribution in [3.8, 4) is 0 Å². The standard InChI is InChI=1S/C25H26N6O3/c1-17-26-21-10-6-5-9-20(21)25(33)31(17)16-22-28-24(34-29-22)23(32)27-19-11-13-30(14-12-19)15-18-7-3-2-4-8-18/h2-10,19H,11-16H2,1H3,(H,27,32). The summed E-state index contributed by atoms with van der Waals surface area (Å²) in [4.78, 5) is 36.6. The number of benzene rings is 2. The van der Waals surface area contributed by atoms with Crippen LogP contribution in [0.3, 0.4) is 0 Å². The minimum atomic E-state index is -0.388. The van der Waals surface area contributed by atoms with E-state index in [9.17, 15) is 9.59 Å². The highest BCUT2D eigenvalue weighted by Crippen LogP contribution is 2.15. The lowest BCUT2D eigenvalue weighted by molar-refractivity contribution is 0.0865. The topological polar surface area (TPSA) is 106 Å². The lowest BCUT2D eigenvalue weighted by atomic mass is 10.0. The fraction of sp³-hybridized carbons (Fsp3) is 0.320. The maximum absolute atomic E-state index is 12.9. The number of aryl methyl sites for hydroxylation is 1. The zero-order valence-electron chi connectivity index (χ0n) is 19.0. The van der Waals surface area contributed by atoms with Gasteiger partial charge in [-0.05, 0) is 37.5 Å². The zero-order valence-corrected chi connectivity index (χ0v) is 19.0. The van der Waals surface area contributed by atoms with Crippen LogP contribution in [0, 0.1) is 6.92 Å². The molecule has 3 heterocycles. The van der Waals surface area contributed by atoms with Crippen molar-refractivity contribution in [1.82, 2.24) is 29.9 Å². The second-order valence-corrected chi connectivity index (χ2v) is 8.59. The van der Waals surface area contributed by atoms with E-state index in [-0.39, 0.29) is 35.8 Å². The molecule has 1 aliphatic rings. The molecule has 9 nitrogen and oxygen atoms in total. The highest BCUT2D eigenvalue weighted by molar-refractivity contribution is 5.89. The van der Waals surface area contributed by atoms with Crippen LogP contribution >= 0.6 is 0 Å². The number of carbonyl (C=O) groups is 1. The van der Waals surface area contributed by atoms with Gasteiger partial charge in [-0.15, -0.1) is 0 Å². The molecule has 9 heteroatoms. The molecule has 0 radical (unpaired) electrons. The van der Waals surface area contributed by atoms with E-state index in [1.54, 1.807) is 25.1 Å². The van der Waals surface area contributed by atoms with Gasteiger partial charge in [0.15, 0.2) is 5.82 Å². The Bertz CT molecular complexity index is 1360. The summed E-state index contributed by atoms with van der Waals surface area (Å²) in [6, 6.07) is 17.6. The number of carbonyl (C=O) groups excluding carboxylic acids is 1. The highest BCUT2D eigenvalue weighted by Gasteiger charge is 2.24. The summed E-state index contributed by atoms with van der Waals surface area (Å²) < 4.78 is 6.67. The summed E-state index contributed by atoms with van der Waals surface area (Å²) in [6.07, 6.45) is 1.72. The van der Waals surface area contributed by atoms with E-state index in [1.807, 2.05) is 12.1 Å². The molecule has 2 aromatic heterocycles. The fourth-order valence-electron chi connectivity index (χ4n) is 4.34. The third-order valence-corrected chi connectivity index (χ3v) is 6.19. The van der Waals surface area contributed by atoms with Crippen molar-refractivity contribution in [2.75, 3.05) is 13.1 Å². The molecule has 4 aromatic rings. The SMILES string of the molecule is Cc1nc2ccccc2c(=O)n1Cc1noc(C(=O)NC2CCN(Cc3ccccc3)CC2)n1. The van der Waals surface area contributed by atoms with Crippen molar-refractivity contribution in [1.29, 1.82) is 0 Å². The van der Waals surface area contributed by atoms with E-state index < -0.39 is 0 Å². The molecule has 0 spiro atoms. The quantitative estimate of drug-likeness (QED) is 0.473. The number of likely N-dealkylation sites (tertiary alicyclic amines) is 1. The molecule has 1 saturated heterocycles. The van der Waals surface area contributed by atoms with Crippen LogP contribution < -0.4 is 10.9 Å². The van der Waals surface area contributed by atoms with Crippen LogP contribution in [-0.4, -0.2) is 49.6 Å². The third kappa shape index (κ3) is 4.74. The molecule has 5 rings (SSSR count). The Hall–Kier alpha value is -3.85. The Morgan fingerprint density at radius 3 is 2.56 bits per heavy atom. The van der Waals surface area contributed by atoms with Gasteiger partial charge in [0.25, 0.3) is 5.56 Å². The van der Waals surface area contributed by atoms with Gasteiger partial charge in [0, 0.05) is 25.7 Å². The molecule has 0 atom stereocenters. The lowest BCUT2D eigenvalue weighted by Crippen LogP contribution is -2.44. The van der Waals surface area contributed by atoms with E-state index in [1.165, 1.54) is 10.1 Å². The van der Waals surface area contributed by atoms with Crippen LogP contribution in [0.25, 0.3) is 10.9 Å². The molecule has 1 N–H and O–H groups in total. The van der Waals surface area contributed by atoms with Crippen molar-refractivity contribution in [3.63, 3.8) is 0 Å². The first-order chi connectivity index (χ1) is 16.6. The maximum atomic E-state index is 12.9. The first-order valence-electron chi connectivity index (χ1n) is 11.4. The second-order valence-electron chi connectivity index (χ2n) is 8.59. The molecule has 0 bridgehead atoms. The first kappa shape index (κ1) is 22.0. The summed E-state index contributed by atoms with van der Waals surface area (Å²) in [5.41, 5.74) is 1.75. The summed E-state index contributed by atoms with van der Waals surface area (Å²) in [6.45, 7) is 4.57. The molecule has 0 saturated carbocycles. The monoisotopic (exact) mass is 458 g/mol. The highest BCUT2D eigenvalue weighted by atomic mass is 16.5. The molecular weight excluding hydrogens is 432 g/mol. The minimum Gasteiger partial charge on any atom is -0.345 e. The Kier molecular flexibility index (Phi) is 6.18. The summed E-state index contributed by atoms with van der Waals surface area (Å²) in [7, 11) is 0. The number of piperidine rings is 1. The number of amides is 1. The Balaban J connectivity index is 1.19. The van der Waals surface area contributed by atoms with Gasteiger partial charge in [-0.3, -0.25) is 19.1 Å². The van der Waals surface area contributed by atoms with Gasteiger partial charge in [-0.25, -0.2) is 4.98 Å². The lowest BCUT2D eigenvalue weighted by Gasteiger charge is -2.32. The third-order valence-electron chi connectivity index (χ3n) is 6.19. The largest absolute Gasteiger partial charge is 0.345 e. The van der Waals surface area contributed by atoms with E-state index >= 15 is 0 Å². The van der Waals surface area contributed by atoms with E-state index in [4.69, 9.17) is 4.52 Å². The van der Waals surface area contributed by atoms with Crippen molar-refractivity contribution >= 4 is 16.8 Å². The Morgan fingerprint density at radius 1 is 1.03 bits per heavy atom. The minimum absolute atomic E-state index is 0.0597. The molecule has 2 aromatic carbocycles. The number of nitrogens with zero attached hydrogens (tertiary/aromatic N) is 5. The molecular formula is C25H26N6O3. The van der Waals surface area contributed by atoms with Gasteiger partial charge in [0.2, 0.25) is 0 Å². The predicted molar refractivity (Wildman–Crippen MR) is 126 cm³/mol. The number of hydrogen-bond donors (Lipinski definition) is 1. The van der Waals surface area contributed by atoms with E-state index in [2.05, 4.69) is 49.6 Å². The van der Waals surface area contributed by atoms with Crippen LogP contribution in [0.5, 0.6) is 0 Å². The Morgan fingerprint density at radius 2 is 1.76 bits per heavy atom. The summed E-state index contributed by atoms with van der Waals surface area (Å²) >= 11 is 0. The smallest absolute Gasteiger partial charge is 0.316 e. The van der Waals surface area contributed by atoms with E-state index in [0.29, 0.717) is 16.7 Å². The fourth-order valence-corrected chi connectivity index (χ4v) is 4.34. The van der Waals surface area contributed by atoms with Gasteiger partial charge in [0.1, 0.15) is 5.82 Å². The predicted octanol–water partition coefficient (Wildman–Crippen LogP) is 2.53. The van der Waals surface area contributed by atoms with Gasteiger partial charge >= 0.3 is 11.8 Å². The van der Waals surface area contributed by atoms with Crippen molar-refractivity contribution in [2.24, 2.45) is 0 Å². The van der Waals surface area contributed by atoms with Crippen LogP contribution in [0.1, 0.15) is 40.7 Å². The molecule has 1 amide bonds. The second kappa shape index (κ2) is 9.56. The average molecular weight is 459 g/mol. The number of rotatable bonds is 6. The van der Waals surface area contributed by atoms with Gasteiger partial charge in [0.05, 0.1) is 17.4 Å². The average Bonchev–Trinajstić information content (AvgIpc) is 3.33. The Labute approximate surface area is 196 Å². The number of hydrogen-bond acceptors (Lipinski definition) is 7. The van der Waals surface area contributed by atoms with Crippen molar-refractivity contribution in [2.45, 2.75) is 38.9 Å². The van der Waals surface area contributed by atoms with Gasteiger partial charge in [-0.2, -0.15) is 4.98 Å².